The van der Waals surface area contributed by atoms with Crippen LogP contribution in [0.1, 0.15) is 25.7 Å². The van der Waals surface area contributed by atoms with Crippen molar-refractivity contribution in [2.24, 2.45) is 0 Å². The number of hydrogen-bond donors (Lipinski definition) is 0. The zero-order valence-electron chi connectivity index (χ0n) is 14.0. The minimum absolute atomic E-state index is 0.0215. The molecule has 1 aromatic carbocycles. The predicted octanol–water partition coefficient (Wildman–Crippen LogP) is 2.09. The van der Waals surface area contributed by atoms with Gasteiger partial charge in [0, 0.05) is 25.7 Å². The van der Waals surface area contributed by atoms with Gasteiger partial charge in [-0.3, -0.25) is 9.69 Å². The molecule has 3 amide bonds. The summed E-state index contributed by atoms with van der Waals surface area (Å²) in [6, 6.07) is 7.75. The quantitative estimate of drug-likeness (QED) is 0.797. The minimum atomic E-state index is -0.190. The Bertz CT molecular complexity index is 633. The molecule has 0 radical (unpaired) electrons. The first-order chi connectivity index (χ1) is 11.7. The molecule has 3 fully saturated rings. The molecule has 3 aliphatic rings. The van der Waals surface area contributed by atoms with Gasteiger partial charge in [-0.05, 0) is 37.8 Å². The highest BCUT2D eigenvalue weighted by Crippen LogP contribution is 2.34. The monoisotopic (exact) mass is 329 g/mol. The van der Waals surface area contributed by atoms with Crippen molar-refractivity contribution in [3.8, 4) is 5.75 Å². The van der Waals surface area contributed by atoms with Crippen molar-refractivity contribution in [1.82, 2.24) is 9.80 Å². The summed E-state index contributed by atoms with van der Waals surface area (Å²) in [6.07, 6.45) is 3.40. The molecule has 1 atom stereocenters. The molecule has 0 saturated carbocycles. The number of ether oxygens (including phenoxy) is 1. The number of amides is 3. The Morgan fingerprint density at radius 3 is 2.50 bits per heavy atom. The zero-order valence-corrected chi connectivity index (χ0v) is 14.0. The maximum atomic E-state index is 12.6. The van der Waals surface area contributed by atoms with Crippen LogP contribution in [0.25, 0.3) is 0 Å². The Kier molecular flexibility index (Phi) is 3.82. The summed E-state index contributed by atoms with van der Waals surface area (Å²) >= 11 is 0. The summed E-state index contributed by atoms with van der Waals surface area (Å²) in [4.78, 5) is 30.7. The van der Waals surface area contributed by atoms with Crippen molar-refractivity contribution in [3.05, 3.63) is 24.3 Å². The molecule has 0 unspecified atom stereocenters. The first kappa shape index (κ1) is 15.3. The molecular formula is C18H23N3O3. The number of fused-ring (bicyclic) bond motifs is 1. The fourth-order valence-corrected chi connectivity index (χ4v) is 4.24. The van der Waals surface area contributed by atoms with Crippen LogP contribution in [0.2, 0.25) is 0 Å². The number of anilines is 1. The van der Waals surface area contributed by atoms with Gasteiger partial charge in [0.25, 0.3) is 5.91 Å². The maximum absolute atomic E-state index is 12.6. The Hall–Kier alpha value is -2.24. The SMILES string of the molecule is COc1ccccc1N1CCC(N2C(=O)[C@H]3CCCN3C2=O)CC1. The highest BCUT2D eigenvalue weighted by molar-refractivity contribution is 6.04. The van der Waals surface area contributed by atoms with Crippen LogP contribution in [0.15, 0.2) is 24.3 Å². The Morgan fingerprint density at radius 1 is 1.04 bits per heavy atom. The average Bonchev–Trinajstić information content (AvgIpc) is 3.19. The van der Waals surface area contributed by atoms with E-state index in [1.165, 1.54) is 0 Å². The maximum Gasteiger partial charge on any atom is 0.327 e. The van der Waals surface area contributed by atoms with Gasteiger partial charge in [0.05, 0.1) is 12.8 Å². The van der Waals surface area contributed by atoms with Gasteiger partial charge in [-0.1, -0.05) is 12.1 Å². The van der Waals surface area contributed by atoms with Crippen molar-refractivity contribution < 1.29 is 14.3 Å². The molecule has 0 aromatic heterocycles. The van der Waals surface area contributed by atoms with E-state index in [9.17, 15) is 9.59 Å². The molecule has 0 N–H and O–H groups in total. The van der Waals surface area contributed by atoms with Crippen LogP contribution in [0.5, 0.6) is 5.75 Å². The molecule has 0 bridgehead atoms. The van der Waals surface area contributed by atoms with E-state index >= 15 is 0 Å². The lowest BCUT2D eigenvalue weighted by Crippen LogP contribution is -2.48. The third kappa shape index (κ3) is 2.32. The van der Waals surface area contributed by atoms with Crippen LogP contribution in [0.3, 0.4) is 0 Å². The summed E-state index contributed by atoms with van der Waals surface area (Å²) in [7, 11) is 1.68. The van der Waals surface area contributed by atoms with Crippen molar-refractivity contribution in [2.45, 2.75) is 37.8 Å². The number of nitrogens with zero attached hydrogens (tertiary/aromatic N) is 3. The van der Waals surface area contributed by atoms with Crippen LogP contribution in [-0.4, -0.2) is 60.6 Å². The number of hydrogen-bond acceptors (Lipinski definition) is 4. The van der Waals surface area contributed by atoms with Gasteiger partial charge in [0.1, 0.15) is 11.8 Å². The summed E-state index contributed by atoms with van der Waals surface area (Å²) in [5.74, 6) is 0.887. The molecule has 3 aliphatic heterocycles. The van der Waals surface area contributed by atoms with E-state index in [1.807, 2.05) is 18.2 Å². The largest absolute Gasteiger partial charge is 0.495 e. The highest BCUT2D eigenvalue weighted by Gasteiger charge is 2.50. The van der Waals surface area contributed by atoms with E-state index < -0.39 is 0 Å². The lowest BCUT2D eigenvalue weighted by atomic mass is 10.0. The number of rotatable bonds is 3. The van der Waals surface area contributed by atoms with E-state index in [0.717, 1.165) is 56.8 Å². The number of para-hydroxylation sites is 2. The second-order valence-corrected chi connectivity index (χ2v) is 6.73. The smallest absolute Gasteiger partial charge is 0.327 e. The molecular weight excluding hydrogens is 306 g/mol. The molecule has 24 heavy (non-hydrogen) atoms. The van der Waals surface area contributed by atoms with E-state index in [1.54, 1.807) is 16.9 Å². The van der Waals surface area contributed by atoms with Crippen molar-refractivity contribution in [1.29, 1.82) is 0 Å². The number of methoxy groups -OCH3 is 1. The molecule has 3 heterocycles. The number of carbonyl (C=O) groups excluding carboxylic acids is 2. The molecule has 0 aliphatic carbocycles. The van der Waals surface area contributed by atoms with E-state index in [-0.39, 0.29) is 24.0 Å². The Balaban J connectivity index is 1.45. The van der Waals surface area contributed by atoms with Gasteiger partial charge in [0.15, 0.2) is 0 Å². The molecule has 4 rings (SSSR count). The number of imide groups is 1. The molecule has 0 spiro atoms. The second kappa shape index (κ2) is 6.00. The van der Waals surface area contributed by atoms with E-state index in [4.69, 9.17) is 4.74 Å². The minimum Gasteiger partial charge on any atom is -0.495 e. The van der Waals surface area contributed by atoms with Gasteiger partial charge in [-0.25, -0.2) is 4.79 Å². The van der Waals surface area contributed by atoms with Crippen molar-refractivity contribution in [2.75, 3.05) is 31.6 Å². The highest BCUT2D eigenvalue weighted by atomic mass is 16.5. The van der Waals surface area contributed by atoms with Crippen LogP contribution in [-0.2, 0) is 4.79 Å². The van der Waals surface area contributed by atoms with Crippen LogP contribution in [0.4, 0.5) is 10.5 Å². The molecule has 1 aromatic rings. The molecule has 128 valence electrons. The van der Waals surface area contributed by atoms with Gasteiger partial charge >= 0.3 is 6.03 Å². The molecule has 6 heteroatoms. The zero-order chi connectivity index (χ0) is 16.7. The topological polar surface area (TPSA) is 53.1 Å². The lowest BCUT2D eigenvalue weighted by Gasteiger charge is -2.37. The fourth-order valence-electron chi connectivity index (χ4n) is 4.24. The van der Waals surface area contributed by atoms with Crippen molar-refractivity contribution in [3.63, 3.8) is 0 Å². The van der Waals surface area contributed by atoms with Gasteiger partial charge in [-0.15, -0.1) is 0 Å². The van der Waals surface area contributed by atoms with Gasteiger partial charge in [-0.2, -0.15) is 0 Å². The number of benzene rings is 1. The normalized spacial score (nSPS) is 24.7. The molecule has 6 nitrogen and oxygen atoms in total. The van der Waals surface area contributed by atoms with Gasteiger partial charge in [0.2, 0.25) is 0 Å². The summed E-state index contributed by atoms with van der Waals surface area (Å²) < 4.78 is 5.44. The van der Waals surface area contributed by atoms with Crippen LogP contribution in [0, 0.1) is 0 Å². The number of carbonyl (C=O) groups is 2. The Labute approximate surface area is 142 Å². The third-order valence-corrected chi connectivity index (χ3v) is 5.48. The number of urea groups is 1. The lowest BCUT2D eigenvalue weighted by molar-refractivity contribution is -0.129. The third-order valence-electron chi connectivity index (χ3n) is 5.48. The molecule has 3 saturated heterocycles. The van der Waals surface area contributed by atoms with Crippen molar-refractivity contribution >= 4 is 17.6 Å². The average molecular weight is 329 g/mol. The Morgan fingerprint density at radius 2 is 1.79 bits per heavy atom. The number of piperidine rings is 1. The van der Waals surface area contributed by atoms with Gasteiger partial charge < -0.3 is 14.5 Å². The fraction of sp³-hybridized carbons (Fsp3) is 0.556. The predicted molar refractivity (Wildman–Crippen MR) is 90.2 cm³/mol. The van der Waals surface area contributed by atoms with E-state index in [2.05, 4.69) is 11.0 Å². The standard InChI is InChI=1S/C18H23N3O3/c1-24-16-7-3-2-5-14(16)19-11-8-13(9-12-19)21-17(22)15-6-4-10-20(15)18(21)23/h2-3,5,7,13,15H,4,6,8-12H2,1H3/t15-/m1/s1. The second-order valence-electron chi connectivity index (χ2n) is 6.73. The summed E-state index contributed by atoms with van der Waals surface area (Å²) in [5, 5.41) is 0. The van der Waals surface area contributed by atoms with Crippen LogP contribution >= 0.6 is 0 Å². The van der Waals surface area contributed by atoms with E-state index in [0.29, 0.717) is 0 Å². The summed E-state index contributed by atoms with van der Waals surface area (Å²) in [5.41, 5.74) is 1.08. The van der Waals surface area contributed by atoms with Crippen LogP contribution < -0.4 is 9.64 Å². The summed E-state index contributed by atoms with van der Waals surface area (Å²) in [6.45, 7) is 2.38. The first-order valence-corrected chi connectivity index (χ1v) is 8.72. The first-order valence-electron chi connectivity index (χ1n) is 8.72.